The van der Waals surface area contributed by atoms with Crippen molar-refractivity contribution < 1.29 is 9.47 Å². The molecule has 2 unspecified atom stereocenters. The largest absolute Gasteiger partial charge is 0.487 e. The van der Waals surface area contributed by atoms with Gasteiger partial charge in [-0.2, -0.15) is 0 Å². The number of para-hydroxylation sites is 2. The normalized spacial score (nSPS) is 15.7. The van der Waals surface area contributed by atoms with E-state index in [1.165, 1.54) is 32.9 Å². The molecule has 0 fully saturated rings. The van der Waals surface area contributed by atoms with Crippen LogP contribution in [-0.2, 0) is 6.61 Å². The molecule has 0 amide bonds. The Balaban J connectivity index is 0.000000429. The standard InChI is InChI=1S/C38H27ClN2O2.C8H12.C2H6/c1-40-38-34(21-20-33-37(38)30-19-18-26(39)22-35(30)43-33)42-23-24-14-16-25(17-15-24)28-11-7-13-32-36(28)29-10-5-6-12-31(29)41(32)27-8-3-2-4-9-27;1-4-6-7-8(3)5-2;1-2/h2-22,30,35H,1,23H2;4-7H,1H2,2-3H3;1-2H3/b;7-6-,8-5+;. The number of hydrogen-bond donors (Lipinski definition) is 0. The fourth-order valence-electron chi connectivity index (χ4n) is 6.78. The van der Waals surface area contributed by atoms with Crippen LogP contribution in [0.5, 0.6) is 11.5 Å². The van der Waals surface area contributed by atoms with Gasteiger partial charge in [0.2, 0.25) is 0 Å². The summed E-state index contributed by atoms with van der Waals surface area (Å²) in [7, 11) is 0. The first kappa shape index (κ1) is 36.9. The number of hydrogen-bond acceptors (Lipinski definition) is 3. The summed E-state index contributed by atoms with van der Waals surface area (Å²) < 4.78 is 14.8. The molecule has 0 radical (unpaired) electrons. The summed E-state index contributed by atoms with van der Waals surface area (Å²) >= 11 is 6.21. The predicted octanol–water partition coefficient (Wildman–Crippen LogP) is 13.6. The number of nitrogens with zero attached hydrogens (tertiary/aromatic N) is 2. The fraction of sp³-hybridized carbons (Fsp3) is 0.146. The smallest absolute Gasteiger partial charge is 0.145 e. The van der Waals surface area contributed by atoms with Gasteiger partial charge in [0.15, 0.2) is 0 Å². The molecule has 1 aliphatic carbocycles. The van der Waals surface area contributed by atoms with E-state index < -0.39 is 0 Å². The van der Waals surface area contributed by atoms with Crippen LogP contribution in [-0.4, -0.2) is 17.4 Å². The topological polar surface area (TPSA) is 35.8 Å². The second kappa shape index (κ2) is 17.1. The van der Waals surface area contributed by atoms with Gasteiger partial charge in [0.25, 0.3) is 0 Å². The van der Waals surface area contributed by atoms with Crippen molar-refractivity contribution in [1.82, 2.24) is 4.57 Å². The highest BCUT2D eigenvalue weighted by atomic mass is 35.5. The Hall–Kier alpha value is -5.84. The number of aliphatic imine (C=N–C) groups is 1. The lowest BCUT2D eigenvalue weighted by Crippen LogP contribution is -2.16. The highest BCUT2D eigenvalue weighted by Gasteiger charge is 2.36. The molecule has 0 bridgehead atoms. The average Bonchev–Trinajstić information content (AvgIpc) is 3.75. The quantitative estimate of drug-likeness (QED) is 0.116. The monoisotopic (exact) mass is 716 g/mol. The van der Waals surface area contributed by atoms with Crippen molar-refractivity contribution in [2.45, 2.75) is 46.3 Å². The maximum atomic E-state index is 6.31. The third-order valence-corrected chi connectivity index (χ3v) is 9.61. The van der Waals surface area contributed by atoms with Crippen LogP contribution in [0.25, 0.3) is 38.6 Å². The number of rotatable bonds is 8. The lowest BCUT2D eigenvalue weighted by atomic mass is 9.90. The first-order chi connectivity index (χ1) is 26.0. The molecule has 2 atom stereocenters. The van der Waals surface area contributed by atoms with E-state index in [1.807, 2.05) is 57.2 Å². The number of aromatic nitrogens is 1. The molecule has 0 spiro atoms. The van der Waals surface area contributed by atoms with Gasteiger partial charge in [-0.25, -0.2) is 0 Å². The highest BCUT2D eigenvalue weighted by Crippen LogP contribution is 2.50. The van der Waals surface area contributed by atoms with Crippen molar-refractivity contribution in [3.63, 3.8) is 0 Å². The van der Waals surface area contributed by atoms with E-state index in [1.54, 1.807) is 6.08 Å². The van der Waals surface area contributed by atoms with Crippen molar-refractivity contribution in [1.29, 1.82) is 0 Å². The molecular formula is C48H45ClN2O2. The first-order valence-electron chi connectivity index (χ1n) is 18.1. The zero-order chi connectivity index (χ0) is 37.3. The number of fused-ring (bicyclic) bond motifs is 6. The summed E-state index contributed by atoms with van der Waals surface area (Å²) in [6.45, 7) is 15.9. The van der Waals surface area contributed by atoms with Gasteiger partial charge in [0.05, 0.1) is 11.0 Å². The zero-order valence-corrected chi connectivity index (χ0v) is 31.6. The molecule has 5 heteroatoms. The Bertz CT molecular complexity index is 2360. The molecule has 2 aliphatic rings. The maximum Gasteiger partial charge on any atom is 0.145 e. The minimum Gasteiger partial charge on any atom is -0.487 e. The number of halogens is 1. The van der Waals surface area contributed by atoms with Crippen LogP contribution in [0.1, 0.15) is 44.7 Å². The fourth-order valence-corrected chi connectivity index (χ4v) is 6.98. The van der Waals surface area contributed by atoms with Crippen LogP contribution in [0.4, 0.5) is 5.69 Å². The van der Waals surface area contributed by atoms with Crippen LogP contribution >= 0.6 is 11.6 Å². The molecule has 6 aromatic rings. The molecule has 0 N–H and O–H groups in total. The third-order valence-electron chi connectivity index (χ3n) is 9.36. The van der Waals surface area contributed by atoms with Crippen LogP contribution in [0.2, 0.25) is 0 Å². The molecule has 53 heavy (non-hydrogen) atoms. The third kappa shape index (κ3) is 7.69. The SMILES string of the molecule is C=C/C=C\C(C)=C\C.C=Nc1c(OCc2ccc(-c3cccc4c3c3ccccc3n4-c3ccccc3)cc2)ccc2c1C1C=CC(Cl)=CC1O2.CC. The first-order valence-corrected chi connectivity index (χ1v) is 18.5. The lowest BCUT2D eigenvalue weighted by Gasteiger charge is -2.17. The van der Waals surface area contributed by atoms with Gasteiger partial charge < -0.3 is 14.0 Å². The van der Waals surface area contributed by atoms with Crippen molar-refractivity contribution >= 4 is 45.8 Å². The van der Waals surface area contributed by atoms with Crippen molar-refractivity contribution in [3.05, 3.63) is 180 Å². The molecule has 4 nitrogen and oxygen atoms in total. The summed E-state index contributed by atoms with van der Waals surface area (Å²) in [5, 5.41) is 3.17. The van der Waals surface area contributed by atoms with Gasteiger partial charge in [-0.1, -0.05) is 141 Å². The minimum atomic E-state index is -0.137. The predicted molar refractivity (Wildman–Crippen MR) is 227 cm³/mol. The van der Waals surface area contributed by atoms with Gasteiger partial charge in [0, 0.05) is 33.0 Å². The summed E-state index contributed by atoms with van der Waals surface area (Å²) in [6, 6.07) is 38.2. The average molecular weight is 717 g/mol. The molecule has 8 rings (SSSR count). The minimum absolute atomic E-state index is 0.0383. The summed E-state index contributed by atoms with van der Waals surface area (Å²) in [6.07, 6.45) is 13.5. The van der Waals surface area contributed by atoms with E-state index >= 15 is 0 Å². The Morgan fingerprint density at radius 1 is 0.906 bits per heavy atom. The second-order valence-electron chi connectivity index (χ2n) is 12.5. The summed E-state index contributed by atoms with van der Waals surface area (Å²) in [5.74, 6) is 1.52. The van der Waals surface area contributed by atoms with Gasteiger partial charge in [0.1, 0.15) is 29.9 Å². The number of benzene rings is 5. The van der Waals surface area contributed by atoms with Crippen molar-refractivity contribution in [2.75, 3.05) is 0 Å². The summed E-state index contributed by atoms with van der Waals surface area (Å²) in [5.41, 5.74) is 9.96. The molecule has 0 saturated carbocycles. The van der Waals surface area contributed by atoms with Gasteiger partial charge in [-0.05, 0) is 85.8 Å². The Labute approximate surface area is 318 Å². The molecule has 1 aromatic heterocycles. The zero-order valence-electron chi connectivity index (χ0n) is 30.8. The van der Waals surface area contributed by atoms with Gasteiger partial charge in [-0.15, -0.1) is 0 Å². The molecule has 0 saturated heterocycles. The van der Waals surface area contributed by atoms with E-state index in [9.17, 15) is 0 Å². The maximum absolute atomic E-state index is 6.31. The number of ether oxygens (including phenoxy) is 2. The van der Waals surface area contributed by atoms with Crippen LogP contribution in [0.3, 0.4) is 0 Å². The lowest BCUT2D eigenvalue weighted by molar-refractivity contribution is 0.268. The molecule has 1 aliphatic heterocycles. The van der Waals surface area contributed by atoms with Crippen LogP contribution in [0, 0.1) is 0 Å². The van der Waals surface area contributed by atoms with E-state index in [-0.39, 0.29) is 12.0 Å². The molecular weight excluding hydrogens is 672 g/mol. The molecule has 2 heterocycles. The van der Waals surface area contributed by atoms with E-state index in [0.717, 1.165) is 33.8 Å². The number of allylic oxidation sites excluding steroid dienone is 7. The van der Waals surface area contributed by atoms with E-state index in [4.69, 9.17) is 21.1 Å². The van der Waals surface area contributed by atoms with E-state index in [2.05, 4.69) is 139 Å². The van der Waals surface area contributed by atoms with E-state index in [0.29, 0.717) is 17.4 Å². The Morgan fingerprint density at radius 3 is 2.38 bits per heavy atom. The molecule has 266 valence electrons. The van der Waals surface area contributed by atoms with Crippen LogP contribution in [0.15, 0.2) is 174 Å². The van der Waals surface area contributed by atoms with Crippen LogP contribution < -0.4 is 9.47 Å². The van der Waals surface area contributed by atoms with Crippen molar-refractivity contribution in [3.8, 4) is 28.3 Å². The summed E-state index contributed by atoms with van der Waals surface area (Å²) in [4.78, 5) is 4.35. The Morgan fingerprint density at radius 2 is 1.64 bits per heavy atom. The second-order valence-corrected chi connectivity index (χ2v) is 12.9. The molecule has 5 aromatic carbocycles. The van der Waals surface area contributed by atoms with Gasteiger partial charge in [-0.3, -0.25) is 4.99 Å². The van der Waals surface area contributed by atoms with Gasteiger partial charge >= 0.3 is 0 Å². The van der Waals surface area contributed by atoms with Crippen molar-refractivity contribution in [2.24, 2.45) is 4.99 Å². The Kier molecular flexibility index (Phi) is 11.9. The highest BCUT2D eigenvalue weighted by molar-refractivity contribution is 6.31.